The molecule has 0 aliphatic heterocycles. The van der Waals surface area contributed by atoms with Crippen molar-refractivity contribution < 1.29 is 0 Å². The molecule has 7 N–H and O–H groups in total. The monoisotopic (exact) mass is 320 g/mol. The summed E-state index contributed by atoms with van der Waals surface area (Å²) in [4.78, 5) is 0. The van der Waals surface area contributed by atoms with Crippen LogP contribution in [0.5, 0.6) is 0 Å². The summed E-state index contributed by atoms with van der Waals surface area (Å²) in [5.74, 6) is 0. The molecule has 0 radical (unpaired) electrons. The Hall–Kier alpha value is -0.160. The lowest BCUT2D eigenvalue weighted by Gasteiger charge is -2.00. The average molecular weight is 321 g/mol. The average Bonchev–Trinajstić information content (AvgIpc) is 2.52. The Balaban J connectivity index is -0.000000118. The minimum absolute atomic E-state index is 0. The van der Waals surface area contributed by atoms with Crippen LogP contribution >= 0.6 is 0 Å². The zero-order chi connectivity index (χ0) is 16.6. The van der Waals surface area contributed by atoms with Gasteiger partial charge in [-0.1, -0.05) is 53.9 Å². The second-order valence-corrected chi connectivity index (χ2v) is 5.24. The van der Waals surface area contributed by atoms with E-state index in [1.807, 2.05) is 0 Å². The maximum absolute atomic E-state index is 5.35. The standard InChI is InChI=1S/C8H20N2.C6H15N.C3H9N.CH4/c1-2-7-10-8-5-3-4-6-9;1-2-3-4-5-6-7;1-2-3-4;/h10H,2-9H2,1H3;2-7H2,1H3;2-4H2,1H3;1H4. The summed E-state index contributed by atoms with van der Waals surface area (Å²) in [6, 6.07) is 0. The molecule has 0 bridgehead atoms. The Bertz CT molecular complexity index is 118. The first-order valence-electron chi connectivity index (χ1n) is 9.05. The lowest BCUT2D eigenvalue weighted by Crippen LogP contribution is -2.16. The molecule has 0 fully saturated rings. The fourth-order valence-corrected chi connectivity index (χ4v) is 1.44. The number of unbranched alkanes of at least 4 members (excludes halogenated alkanes) is 5. The van der Waals surface area contributed by atoms with Gasteiger partial charge in [-0.3, -0.25) is 0 Å². The molecule has 0 saturated carbocycles. The maximum Gasteiger partial charge on any atom is -0.00489 e. The van der Waals surface area contributed by atoms with Crippen LogP contribution in [0.3, 0.4) is 0 Å². The van der Waals surface area contributed by atoms with E-state index < -0.39 is 0 Å². The number of hydrogen-bond donors (Lipinski definition) is 4. The van der Waals surface area contributed by atoms with Crippen molar-refractivity contribution >= 4 is 0 Å². The minimum Gasteiger partial charge on any atom is -0.330 e. The van der Waals surface area contributed by atoms with Gasteiger partial charge in [-0.25, -0.2) is 0 Å². The summed E-state index contributed by atoms with van der Waals surface area (Å²) in [5, 5.41) is 3.35. The molecular weight excluding hydrogens is 272 g/mol. The van der Waals surface area contributed by atoms with Crippen molar-refractivity contribution in [2.75, 3.05) is 32.7 Å². The van der Waals surface area contributed by atoms with E-state index in [9.17, 15) is 0 Å². The Kier molecular flexibility index (Phi) is 50.5. The first-order chi connectivity index (χ1) is 10.2. The van der Waals surface area contributed by atoms with Crippen molar-refractivity contribution in [2.24, 2.45) is 17.2 Å². The van der Waals surface area contributed by atoms with Crippen molar-refractivity contribution in [3.8, 4) is 0 Å². The van der Waals surface area contributed by atoms with Crippen LogP contribution in [0.1, 0.15) is 86.0 Å². The van der Waals surface area contributed by atoms with Gasteiger partial charge < -0.3 is 22.5 Å². The Morgan fingerprint density at radius 1 is 0.545 bits per heavy atom. The molecule has 0 heterocycles. The van der Waals surface area contributed by atoms with Crippen LogP contribution in [-0.2, 0) is 0 Å². The van der Waals surface area contributed by atoms with Crippen LogP contribution in [0.4, 0.5) is 0 Å². The van der Waals surface area contributed by atoms with Crippen molar-refractivity contribution in [1.29, 1.82) is 0 Å². The fraction of sp³-hybridized carbons (Fsp3) is 1.00. The molecule has 0 aromatic rings. The number of rotatable bonds is 12. The molecular formula is C18H48N4. The quantitative estimate of drug-likeness (QED) is 0.413. The van der Waals surface area contributed by atoms with Gasteiger partial charge in [0.15, 0.2) is 0 Å². The normalized spacial score (nSPS) is 9.00. The van der Waals surface area contributed by atoms with Gasteiger partial charge in [-0.2, -0.15) is 0 Å². The van der Waals surface area contributed by atoms with E-state index in [-0.39, 0.29) is 7.43 Å². The fourth-order valence-electron chi connectivity index (χ4n) is 1.44. The molecule has 0 unspecified atom stereocenters. The third kappa shape index (κ3) is 50.2. The summed E-state index contributed by atoms with van der Waals surface area (Å²) in [6.07, 6.45) is 11.2. The van der Waals surface area contributed by atoms with Gasteiger partial charge in [0.25, 0.3) is 0 Å². The molecule has 0 aliphatic carbocycles. The zero-order valence-electron chi connectivity index (χ0n) is 15.1. The van der Waals surface area contributed by atoms with Gasteiger partial charge in [0.05, 0.1) is 0 Å². The highest BCUT2D eigenvalue weighted by atomic mass is 14.8. The summed E-state index contributed by atoms with van der Waals surface area (Å²) < 4.78 is 0. The first kappa shape index (κ1) is 29.8. The molecule has 0 aromatic carbocycles. The lowest BCUT2D eigenvalue weighted by molar-refractivity contribution is 0.602. The Morgan fingerprint density at radius 3 is 1.41 bits per heavy atom. The van der Waals surface area contributed by atoms with Crippen LogP contribution in [0.15, 0.2) is 0 Å². The topological polar surface area (TPSA) is 90.1 Å². The van der Waals surface area contributed by atoms with Gasteiger partial charge in [0.1, 0.15) is 0 Å². The minimum atomic E-state index is 0. The van der Waals surface area contributed by atoms with E-state index >= 15 is 0 Å². The van der Waals surface area contributed by atoms with E-state index in [4.69, 9.17) is 17.2 Å². The highest BCUT2D eigenvalue weighted by Gasteiger charge is 1.86. The Labute approximate surface area is 142 Å². The molecule has 4 nitrogen and oxygen atoms in total. The number of nitrogens with two attached hydrogens (primary N) is 3. The molecule has 0 saturated heterocycles. The molecule has 0 amide bonds. The van der Waals surface area contributed by atoms with Crippen molar-refractivity contribution in [1.82, 2.24) is 5.32 Å². The van der Waals surface area contributed by atoms with E-state index in [1.165, 1.54) is 51.4 Å². The van der Waals surface area contributed by atoms with Gasteiger partial charge in [0, 0.05) is 0 Å². The van der Waals surface area contributed by atoms with Crippen molar-refractivity contribution in [3.63, 3.8) is 0 Å². The van der Waals surface area contributed by atoms with Crippen LogP contribution in [0.25, 0.3) is 0 Å². The molecule has 140 valence electrons. The molecule has 0 rings (SSSR count). The largest absolute Gasteiger partial charge is 0.330 e. The number of hydrogen-bond acceptors (Lipinski definition) is 4. The van der Waals surface area contributed by atoms with E-state index in [2.05, 4.69) is 26.1 Å². The smallest absolute Gasteiger partial charge is 0.00489 e. The SMILES string of the molecule is C.CCCCCCN.CCCN.CCCNCCCCCN. The van der Waals surface area contributed by atoms with E-state index in [1.54, 1.807) is 0 Å². The van der Waals surface area contributed by atoms with Crippen LogP contribution in [0, 0.1) is 0 Å². The zero-order valence-corrected chi connectivity index (χ0v) is 15.1. The van der Waals surface area contributed by atoms with Crippen LogP contribution in [-0.4, -0.2) is 32.7 Å². The first-order valence-corrected chi connectivity index (χ1v) is 9.05. The third-order valence-electron chi connectivity index (χ3n) is 2.83. The summed E-state index contributed by atoms with van der Waals surface area (Å²) in [6.45, 7) is 11.3. The molecule has 0 aliphatic rings. The van der Waals surface area contributed by atoms with Gasteiger partial charge in [0.2, 0.25) is 0 Å². The van der Waals surface area contributed by atoms with Crippen LogP contribution in [0.2, 0.25) is 0 Å². The van der Waals surface area contributed by atoms with Crippen molar-refractivity contribution in [2.45, 2.75) is 86.0 Å². The third-order valence-corrected chi connectivity index (χ3v) is 2.83. The van der Waals surface area contributed by atoms with Crippen molar-refractivity contribution in [3.05, 3.63) is 0 Å². The van der Waals surface area contributed by atoms with E-state index in [0.29, 0.717) is 0 Å². The second-order valence-electron chi connectivity index (χ2n) is 5.24. The van der Waals surface area contributed by atoms with Gasteiger partial charge in [-0.05, 0) is 64.8 Å². The molecule has 22 heavy (non-hydrogen) atoms. The summed E-state index contributed by atoms with van der Waals surface area (Å²) in [5.41, 5.74) is 15.6. The van der Waals surface area contributed by atoms with Gasteiger partial charge in [-0.15, -0.1) is 0 Å². The highest BCUT2D eigenvalue weighted by Crippen LogP contribution is 1.95. The number of nitrogens with one attached hydrogen (secondary N) is 1. The maximum atomic E-state index is 5.35. The predicted octanol–water partition coefficient (Wildman–Crippen LogP) is 3.63. The summed E-state index contributed by atoms with van der Waals surface area (Å²) >= 11 is 0. The second kappa shape index (κ2) is 37.2. The highest BCUT2D eigenvalue weighted by molar-refractivity contribution is 4.47. The molecule has 0 aromatic heterocycles. The molecule has 0 atom stereocenters. The summed E-state index contributed by atoms with van der Waals surface area (Å²) in [7, 11) is 0. The van der Waals surface area contributed by atoms with Gasteiger partial charge >= 0.3 is 0 Å². The van der Waals surface area contributed by atoms with Crippen LogP contribution < -0.4 is 22.5 Å². The van der Waals surface area contributed by atoms with E-state index in [0.717, 1.165) is 39.1 Å². The predicted molar refractivity (Wildman–Crippen MR) is 105 cm³/mol. The molecule has 4 heteroatoms. The Morgan fingerprint density at radius 2 is 1.05 bits per heavy atom. The molecule has 0 spiro atoms. The lowest BCUT2D eigenvalue weighted by atomic mass is 10.2.